The number of carbonyl (C=O) groups is 1. The Hall–Kier alpha value is -3.52. The second-order valence-corrected chi connectivity index (χ2v) is 6.13. The Morgan fingerprint density at radius 3 is 2.96 bits per heavy atom. The fourth-order valence-electron chi connectivity index (χ4n) is 2.93. The lowest BCUT2D eigenvalue weighted by atomic mass is 10.1. The average Bonchev–Trinajstić information content (AvgIpc) is 3.35. The number of aromatic amines is 1. The maximum atomic E-state index is 12.5. The second kappa shape index (κ2) is 7.38. The second-order valence-electron chi connectivity index (χ2n) is 6.13. The Kier molecular flexibility index (Phi) is 4.63. The molecule has 1 aromatic carbocycles. The Balaban J connectivity index is 1.48. The molecule has 3 N–H and O–H groups in total. The molecule has 4 aromatic rings. The van der Waals surface area contributed by atoms with Crippen LogP contribution in [0, 0.1) is 0 Å². The number of fused-ring (bicyclic) bond motifs is 1. The van der Waals surface area contributed by atoms with Crippen molar-refractivity contribution in [1.29, 1.82) is 0 Å². The molecule has 1 atom stereocenters. The minimum Gasteiger partial charge on any atom is -0.394 e. The first-order valence-electron chi connectivity index (χ1n) is 8.50. The molecular weight excluding hydrogens is 344 g/mol. The summed E-state index contributed by atoms with van der Waals surface area (Å²) in [6, 6.07) is 12.6. The van der Waals surface area contributed by atoms with Crippen LogP contribution >= 0.6 is 0 Å². The van der Waals surface area contributed by atoms with Gasteiger partial charge in [-0.2, -0.15) is 5.10 Å². The highest BCUT2D eigenvalue weighted by Crippen LogP contribution is 2.15. The van der Waals surface area contributed by atoms with Gasteiger partial charge in [0.2, 0.25) is 0 Å². The monoisotopic (exact) mass is 362 g/mol. The van der Waals surface area contributed by atoms with Gasteiger partial charge >= 0.3 is 0 Å². The quantitative estimate of drug-likeness (QED) is 0.483. The van der Waals surface area contributed by atoms with Crippen LogP contribution in [0.1, 0.15) is 27.8 Å². The van der Waals surface area contributed by atoms with Crippen molar-refractivity contribution in [2.75, 3.05) is 6.61 Å². The van der Waals surface area contributed by atoms with Gasteiger partial charge in [-0.15, -0.1) is 0 Å². The topological polar surface area (TPSA) is 109 Å². The molecule has 0 radical (unpaired) electrons. The molecule has 0 aliphatic heterocycles. The average molecular weight is 362 g/mol. The number of carbonyl (C=O) groups excluding carboxylic acids is 1. The van der Waals surface area contributed by atoms with E-state index in [-0.39, 0.29) is 18.2 Å². The number of aliphatic hydroxyl groups is 1. The van der Waals surface area contributed by atoms with Crippen LogP contribution in [0.15, 0.2) is 61.2 Å². The standard InChI is InChI=1S/C19H18N6O2/c26-11-17(13-4-3-7-20-9-13)22-19(27)16-8-14(23-24-16)10-25-12-21-15-5-1-2-6-18(15)25/h1-9,12,17,26H,10-11H2,(H,22,27)(H,23,24)/t17-/m1/s1. The highest BCUT2D eigenvalue weighted by atomic mass is 16.3. The predicted molar refractivity (Wildman–Crippen MR) is 99.0 cm³/mol. The molecule has 0 unspecified atom stereocenters. The first kappa shape index (κ1) is 16.9. The number of nitrogens with one attached hydrogen (secondary N) is 2. The van der Waals surface area contributed by atoms with Crippen LogP contribution in [-0.4, -0.2) is 42.4 Å². The molecule has 4 rings (SSSR count). The number of benzene rings is 1. The van der Waals surface area contributed by atoms with Gasteiger partial charge in [-0.3, -0.25) is 14.9 Å². The minimum absolute atomic E-state index is 0.226. The van der Waals surface area contributed by atoms with E-state index in [1.54, 1.807) is 36.9 Å². The summed E-state index contributed by atoms with van der Waals surface area (Å²) in [5, 5.41) is 19.3. The molecule has 0 saturated heterocycles. The van der Waals surface area contributed by atoms with Gasteiger partial charge < -0.3 is 15.0 Å². The number of aliphatic hydroxyl groups excluding tert-OH is 1. The summed E-state index contributed by atoms with van der Waals surface area (Å²) in [5.74, 6) is -0.365. The van der Waals surface area contributed by atoms with Crippen LogP contribution in [-0.2, 0) is 6.54 Å². The number of nitrogens with zero attached hydrogens (tertiary/aromatic N) is 4. The van der Waals surface area contributed by atoms with Crippen LogP contribution < -0.4 is 5.32 Å². The van der Waals surface area contributed by atoms with E-state index in [1.165, 1.54) is 0 Å². The lowest BCUT2D eigenvalue weighted by Crippen LogP contribution is -2.31. The summed E-state index contributed by atoms with van der Waals surface area (Å²) in [4.78, 5) is 20.8. The molecule has 0 aliphatic rings. The highest BCUT2D eigenvalue weighted by Gasteiger charge is 2.17. The molecule has 0 saturated carbocycles. The number of amides is 1. The summed E-state index contributed by atoms with van der Waals surface area (Å²) in [6.07, 6.45) is 5.01. The van der Waals surface area contributed by atoms with Gasteiger partial charge in [0.15, 0.2) is 0 Å². The maximum Gasteiger partial charge on any atom is 0.272 e. The number of para-hydroxylation sites is 2. The van der Waals surface area contributed by atoms with Gasteiger partial charge in [-0.05, 0) is 29.8 Å². The zero-order chi connectivity index (χ0) is 18.6. The predicted octanol–water partition coefficient (Wildman–Crippen LogP) is 1.67. The van der Waals surface area contributed by atoms with Crippen LogP contribution in [0.3, 0.4) is 0 Å². The van der Waals surface area contributed by atoms with E-state index in [1.807, 2.05) is 28.8 Å². The Bertz CT molecular complexity index is 1060. The Morgan fingerprint density at radius 1 is 1.26 bits per heavy atom. The summed E-state index contributed by atoms with van der Waals surface area (Å²) in [7, 11) is 0. The summed E-state index contributed by atoms with van der Waals surface area (Å²) in [5.41, 5.74) is 3.70. The van der Waals surface area contributed by atoms with E-state index in [0.29, 0.717) is 6.54 Å². The molecule has 0 spiro atoms. The van der Waals surface area contributed by atoms with E-state index in [4.69, 9.17) is 0 Å². The molecule has 0 fully saturated rings. The van der Waals surface area contributed by atoms with Crippen molar-refractivity contribution >= 4 is 16.9 Å². The smallest absolute Gasteiger partial charge is 0.272 e. The molecule has 3 aromatic heterocycles. The molecule has 136 valence electrons. The molecule has 0 aliphatic carbocycles. The molecule has 8 heteroatoms. The van der Waals surface area contributed by atoms with Crippen molar-refractivity contribution in [2.45, 2.75) is 12.6 Å². The Morgan fingerprint density at radius 2 is 2.15 bits per heavy atom. The summed E-state index contributed by atoms with van der Waals surface area (Å²) >= 11 is 0. The van der Waals surface area contributed by atoms with E-state index >= 15 is 0 Å². The molecule has 1 amide bonds. The number of H-pyrrole nitrogens is 1. The SMILES string of the molecule is O=C(N[C@H](CO)c1cccnc1)c1cc(Cn2cnc3ccccc32)[nH]n1. The first-order chi connectivity index (χ1) is 13.2. The Labute approximate surface area is 154 Å². The number of pyridine rings is 1. The van der Waals surface area contributed by atoms with Gasteiger partial charge in [-0.1, -0.05) is 18.2 Å². The minimum atomic E-state index is -0.538. The summed E-state index contributed by atoms with van der Waals surface area (Å²) < 4.78 is 1.98. The van der Waals surface area contributed by atoms with Crippen LogP contribution in [0.25, 0.3) is 11.0 Å². The maximum absolute atomic E-state index is 12.5. The number of hydrogen-bond acceptors (Lipinski definition) is 5. The zero-order valence-electron chi connectivity index (χ0n) is 14.4. The normalized spacial score (nSPS) is 12.2. The first-order valence-corrected chi connectivity index (χ1v) is 8.50. The van der Waals surface area contributed by atoms with Crippen molar-refractivity contribution in [3.63, 3.8) is 0 Å². The van der Waals surface area contributed by atoms with E-state index in [2.05, 4.69) is 25.5 Å². The number of aromatic nitrogens is 5. The van der Waals surface area contributed by atoms with Crippen LogP contribution in [0.4, 0.5) is 0 Å². The van der Waals surface area contributed by atoms with Crippen LogP contribution in [0.5, 0.6) is 0 Å². The van der Waals surface area contributed by atoms with Crippen molar-refractivity contribution in [2.24, 2.45) is 0 Å². The van der Waals surface area contributed by atoms with Crippen LogP contribution in [0.2, 0.25) is 0 Å². The third kappa shape index (κ3) is 3.56. The van der Waals surface area contributed by atoms with E-state index in [9.17, 15) is 9.90 Å². The third-order valence-electron chi connectivity index (χ3n) is 4.31. The molecule has 8 nitrogen and oxygen atoms in total. The lowest BCUT2D eigenvalue weighted by Gasteiger charge is -2.15. The zero-order valence-corrected chi connectivity index (χ0v) is 14.4. The van der Waals surface area contributed by atoms with Gasteiger partial charge in [0, 0.05) is 12.4 Å². The fraction of sp³-hybridized carbons (Fsp3) is 0.158. The lowest BCUT2D eigenvalue weighted by molar-refractivity contribution is 0.0911. The number of imidazole rings is 1. The van der Waals surface area contributed by atoms with Crippen molar-refractivity contribution in [3.8, 4) is 0 Å². The third-order valence-corrected chi connectivity index (χ3v) is 4.31. The van der Waals surface area contributed by atoms with Gasteiger partial charge in [-0.25, -0.2) is 4.98 Å². The number of rotatable bonds is 6. The van der Waals surface area contributed by atoms with Crippen molar-refractivity contribution < 1.29 is 9.90 Å². The van der Waals surface area contributed by atoms with Gasteiger partial charge in [0.05, 0.1) is 42.2 Å². The molecule has 3 heterocycles. The molecular formula is C19H18N6O2. The number of hydrogen-bond donors (Lipinski definition) is 3. The van der Waals surface area contributed by atoms with Gasteiger partial charge in [0.1, 0.15) is 5.69 Å². The van der Waals surface area contributed by atoms with Gasteiger partial charge in [0.25, 0.3) is 5.91 Å². The fourth-order valence-corrected chi connectivity index (χ4v) is 2.93. The largest absolute Gasteiger partial charge is 0.394 e. The van der Waals surface area contributed by atoms with Crippen molar-refractivity contribution in [3.05, 3.63) is 78.1 Å². The summed E-state index contributed by atoms with van der Waals surface area (Å²) in [6.45, 7) is 0.294. The van der Waals surface area contributed by atoms with Crippen molar-refractivity contribution in [1.82, 2.24) is 30.0 Å². The molecule has 27 heavy (non-hydrogen) atoms. The molecule has 0 bridgehead atoms. The highest BCUT2D eigenvalue weighted by molar-refractivity contribution is 5.92. The van der Waals surface area contributed by atoms with E-state index < -0.39 is 6.04 Å². The van der Waals surface area contributed by atoms with E-state index in [0.717, 1.165) is 22.3 Å².